The van der Waals surface area contributed by atoms with Crippen molar-refractivity contribution in [3.8, 4) is 5.75 Å². The Morgan fingerprint density at radius 2 is 1.74 bits per heavy atom. The Morgan fingerprint density at radius 3 is 2.49 bits per heavy atom. The third kappa shape index (κ3) is 4.63. The van der Waals surface area contributed by atoms with Crippen LogP contribution in [0.15, 0.2) is 86.5 Å². The van der Waals surface area contributed by atoms with Crippen LogP contribution in [0.5, 0.6) is 5.75 Å². The summed E-state index contributed by atoms with van der Waals surface area (Å²) in [6.45, 7) is 3.20. The Bertz CT molecular complexity index is 1410. The topological polar surface area (TPSA) is 59.8 Å². The molecule has 1 unspecified atom stereocenters. The van der Waals surface area contributed by atoms with Crippen LogP contribution in [0.2, 0.25) is 0 Å². The van der Waals surface area contributed by atoms with E-state index in [4.69, 9.17) is 9.15 Å². The molecule has 0 saturated heterocycles. The summed E-state index contributed by atoms with van der Waals surface area (Å²) in [6, 6.07) is 22.2. The minimum Gasteiger partial charge on any atom is -0.494 e. The first-order valence-corrected chi connectivity index (χ1v) is 12.7. The van der Waals surface area contributed by atoms with Crippen LogP contribution >= 0.6 is 15.9 Å². The highest BCUT2D eigenvalue weighted by Crippen LogP contribution is 2.39. The Labute approximate surface area is 212 Å². The second-order valence-electron chi connectivity index (χ2n) is 8.76. The molecule has 0 spiro atoms. The molecular weight excluding hydrogens is 506 g/mol. The van der Waals surface area contributed by atoms with Gasteiger partial charge in [-0.2, -0.15) is 0 Å². The van der Waals surface area contributed by atoms with Gasteiger partial charge in [-0.15, -0.1) is 0 Å². The number of hydrogen-bond donors (Lipinski definition) is 0. The third-order valence-corrected chi connectivity index (χ3v) is 6.83. The average Bonchev–Trinajstić information content (AvgIpc) is 3.15. The number of halogens is 1. The lowest BCUT2D eigenvalue weighted by molar-refractivity contribution is 0.0714. The van der Waals surface area contributed by atoms with Crippen molar-refractivity contribution in [1.29, 1.82) is 0 Å². The first-order chi connectivity index (χ1) is 17.1. The second kappa shape index (κ2) is 10.1. The van der Waals surface area contributed by atoms with Gasteiger partial charge in [0.1, 0.15) is 11.3 Å². The minimum atomic E-state index is -0.550. The monoisotopic (exact) mass is 531 g/mol. The average molecular weight is 532 g/mol. The van der Waals surface area contributed by atoms with Crippen LogP contribution in [0.3, 0.4) is 0 Å². The number of amides is 1. The van der Waals surface area contributed by atoms with Crippen molar-refractivity contribution in [2.45, 2.75) is 38.8 Å². The van der Waals surface area contributed by atoms with E-state index in [0.717, 1.165) is 40.6 Å². The van der Waals surface area contributed by atoms with Crippen LogP contribution in [0.25, 0.3) is 11.0 Å². The molecule has 0 fully saturated rings. The van der Waals surface area contributed by atoms with E-state index < -0.39 is 6.04 Å². The molecule has 0 bridgehead atoms. The van der Waals surface area contributed by atoms with E-state index in [0.29, 0.717) is 29.7 Å². The van der Waals surface area contributed by atoms with Gasteiger partial charge in [0, 0.05) is 11.0 Å². The molecule has 1 aliphatic heterocycles. The molecule has 5 rings (SSSR count). The van der Waals surface area contributed by atoms with Gasteiger partial charge in [-0.05, 0) is 47.9 Å². The normalized spacial score (nSPS) is 15.0. The van der Waals surface area contributed by atoms with Crippen LogP contribution in [-0.2, 0) is 6.54 Å². The summed E-state index contributed by atoms with van der Waals surface area (Å²) < 4.78 is 12.7. The molecule has 0 radical (unpaired) electrons. The van der Waals surface area contributed by atoms with Gasteiger partial charge in [0.25, 0.3) is 5.91 Å². The van der Waals surface area contributed by atoms with Crippen molar-refractivity contribution in [3.05, 3.63) is 110 Å². The highest BCUT2D eigenvalue weighted by atomic mass is 79.9. The number of fused-ring (bicyclic) bond motifs is 2. The zero-order chi connectivity index (χ0) is 24.4. The Morgan fingerprint density at radius 1 is 0.971 bits per heavy atom. The smallest absolute Gasteiger partial charge is 0.291 e. The summed E-state index contributed by atoms with van der Waals surface area (Å²) in [7, 11) is 0. The van der Waals surface area contributed by atoms with Crippen molar-refractivity contribution in [3.63, 3.8) is 0 Å². The fourth-order valence-electron chi connectivity index (χ4n) is 4.57. The van der Waals surface area contributed by atoms with Gasteiger partial charge >= 0.3 is 0 Å². The Hall–Kier alpha value is -3.38. The van der Waals surface area contributed by atoms with Gasteiger partial charge in [-0.25, -0.2) is 0 Å². The van der Waals surface area contributed by atoms with Crippen molar-refractivity contribution in [1.82, 2.24) is 4.90 Å². The molecule has 1 aliphatic rings. The molecule has 5 nitrogen and oxygen atoms in total. The lowest BCUT2D eigenvalue weighted by Crippen LogP contribution is -2.29. The summed E-state index contributed by atoms with van der Waals surface area (Å²) >= 11 is 3.44. The van der Waals surface area contributed by atoms with Crippen molar-refractivity contribution in [2.75, 3.05) is 6.61 Å². The predicted molar refractivity (Wildman–Crippen MR) is 140 cm³/mol. The highest BCUT2D eigenvalue weighted by molar-refractivity contribution is 9.10. The van der Waals surface area contributed by atoms with Gasteiger partial charge in [-0.3, -0.25) is 9.59 Å². The summed E-state index contributed by atoms with van der Waals surface area (Å²) in [5, 5.41) is 0.452. The zero-order valence-corrected chi connectivity index (χ0v) is 21.1. The number of carbonyl (C=O) groups is 1. The standard InChI is InChI=1S/C29H26BrNO4/c1-2-3-7-16-34-22-13-10-20(11-14-22)26-25-27(32)23-17-21(30)12-15-24(23)35-28(25)29(33)31(26)18-19-8-5-4-6-9-19/h4-6,8-15,17,26H,2-3,7,16,18H2,1H3. The molecule has 1 atom stereocenters. The van der Waals surface area contributed by atoms with E-state index in [1.807, 2.05) is 54.6 Å². The number of unbranched alkanes of at least 4 members (excludes halogenated alkanes) is 2. The van der Waals surface area contributed by atoms with Crippen LogP contribution in [0.1, 0.15) is 59.5 Å². The third-order valence-electron chi connectivity index (χ3n) is 6.34. The number of nitrogens with zero attached hydrogens (tertiary/aromatic N) is 1. The number of benzene rings is 3. The summed E-state index contributed by atoms with van der Waals surface area (Å²) in [5.41, 5.74) is 2.43. The number of rotatable bonds is 8. The molecule has 2 heterocycles. The SMILES string of the molecule is CCCCCOc1ccc(C2c3c(oc4ccc(Br)cc4c3=O)C(=O)N2Cc2ccccc2)cc1. The molecule has 178 valence electrons. The maximum absolute atomic E-state index is 13.7. The van der Waals surface area contributed by atoms with Gasteiger partial charge in [0.05, 0.1) is 23.6 Å². The van der Waals surface area contributed by atoms with E-state index in [9.17, 15) is 9.59 Å². The molecule has 6 heteroatoms. The van der Waals surface area contributed by atoms with Crippen LogP contribution in [0.4, 0.5) is 0 Å². The van der Waals surface area contributed by atoms with E-state index >= 15 is 0 Å². The number of ether oxygens (including phenoxy) is 1. The van der Waals surface area contributed by atoms with Gasteiger partial charge < -0.3 is 14.1 Å². The quantitative estimate of drug-likeness (QED) is 0.233. The molecule has 0 N–H and O–H groups in total. The highest BCUT2D eigenvalue weighted by Gasteiger charge is 2.42. The van der Waals surface area contributed by atoms with Crippen molar-refractivity contribution in [2.24, 2.45) is 0 Å². The minimum absolute atomic E-state index is 0.116. The largest absolute Gasteiger partial charge is 0.494 e. The summed E-state index contributed by atoms with van der Waals surface area (Å²) in [6.07, 6.45) is 3.28. The summed E-state index contributed by atoms with van der Waals surface area (Å²) in [5.74, 6) is 0.611. The Balaban J connectivity index is 1.57. The number of carbonyl (C=O) groups excluding carboxylic acids is 1. The van der Waals surface area contributed by atoms with E-state index in [-0.39, 0.29) is 17.1 Å². The van der Waals surface area contributed by atoms with Gasteiger partial charge in [0.15, 0.2) is 5.43 Å². The molecular formula is C29H26BrNO4. The van der Waals surface area contributed by atoms with E-state index in [2.05, 4.69) is 22.9 Å². The van der Waals surface area contributed by atoms with Crippen LogP contribution in [0, 0.1) is 0 Å². The van der Waals surface area contributed by atoms with E-state index in [1.54, 1.807) is 23.1 Å². The predicted octanol–water partition coefficient (Wildman–Crippen LogP) is 6.87. The molecule has 3 aromatic carbocycles. The van der Waals surface area contributed by atoms with E-state index in [1.165, 1.54) is 0 Å². The second-order valence-corrected chi connectivity index (χ2v) is 9.68. The molecule has 0 saturated carbocycles. The van der Waals surface area contributed by atoms with Crippen molar-refractivity contribution >= 4 is 32.8 Å². The fourth-order valence-corrected chi connectivity index (χ4v) is 4.93. The molecule has 0 aliphatic carbocycles. The van der Waals surface area contributed by atoms with Crippen LogP contribution in [-0.4, -0.2) is 17.4 Å². The zero-order valence-electron chi connectivity index (χ0n) is 19.5. The summed E-state index contributed by atoms with van der Waals surface area (Å²) in [4.78, 5) is 29.0. The van der Waals surface area contributed by atoms with Crippen LogP contribution < -0.4 is 10.2 Å². The lowest BCUT2D eigenvalue weighted by atomic mass is 9.98. The van der Waals surface area contributed by atoms with Gasteiger partial charge in [-0.1, -0.05) is 78.2 Å². The fraction of sp³-hybridized carbons (Fsp3) is 0.241. The molecule has 1 aromatic heterocycles. The molecule has 35 heavy (non-hydrogen) atoms. The number of hydrogen-bond acceptors (Lipinski definition) is 4. The van der Waals surface area contributed by atoms with Gasteiger partial charge in [0.2, 0.25) is 5.76 Å². The first-order valence-electron chi connectivity index (χ1n) is 11.9. The van der Waals surface area contributed by atoms with Crippen molar-refractivity contribution < 1.29 is 13.9 Å². The lowest BCUT2D eigenvalue weighted by Gasteiger charge is -2.25. The molecule has 4 aromatic rings. The Kier molecular flexibility index (Phi) is 6.73. The maximum Gasteiger partial charge on any atom is 0.291 e. The molecule has 1 amide bonds. The maximum atomic E-state index is 13.7. The first kappa shape index (κ1) is 23.4.